The molecule has 1 atom stereocenters. The van der Waals surface area contributed by atoms with Crippen LogP contribution in [0.3, 0.4) is 0 Å². The van der Waals surface area contributed by atoms with E-state index in [4.69, 9.17) is 11.6 Å². The van der Waals surface area contributed by atoms with Crippen LogP contribution in [0.1, 0.15) is 11.7 Å². The minimum atomic E-state index is -0.749. The summed E-state index contributed by atoms with van der Waals surface area (Å²) in [5, 5.41) is 10.0. The van der Waals surface area contributed by atoms with E-state index in [-0.39, 0.29) is 0 Å². The number of hydrogen-bond donors (Lipinski definition) is 1. The molecule has 1 N–H and O–H groups in total. The summed E-state index contributed by atoms with van der Waals surface area (Å²) in [5.41, 5.74) is 0.783. The highest BCUT2D eigenvalue weighted by Crippen LogP contribution is 2.23. The molecule has 0 amide bonds. The first-order valence-electron chi connectivity index (χ1n) is 3.97. The van der Waals surface area contributed by atoms with Crippen molar-refractivity contribution in [3.63, 3.8) is 0 Å². The molecule has 1 nitrogen and oxygen atoms in total. The minimum absolute atomic E-state index is 0.376. The standard InChI is InChI=1S/C11H11ClO/c1-2-6-10(12)11(13)9-7-4-3-5-8-9/h2-8,11,13H,1H2/b10-6-. The lowest BCUT2D eigenvalue weighted by atomic mass is 10.1. The summed E-state index contributed by atoms with van der Waals surface area (Å²) in [7, 11) is 0. The zero-order valence-corrected chi connectivity index (χ0v) is 7.91. The Hall–Kier alpha value is -1.05. The van der Waals surface area contributed by atoms with E-state index in [0.717, 1.165) is 5.56 Å². The smallest absolute Gasteiger partial charge is 0.115 e. The topological polar surface area (TPSA) is 20.2 Å². The Morgan fingerprint density at radius 1 is 1.38 bits per heavy atom. The summed E-state index contributed by atoms with van der Waals surface area (Å²) >= 11 is 5.81. The molecule has 0 aliphatic heterocycles. The maximum absolute atomic E-state index is 9.67. The van der Waals surface area contributed by atoms with Gasteiger partial charge < -0.3 is 5.11 Å². The Morgan fingerprint density at radius 3 is 2.54 bits per heavy atom. The summed E-state index contributed by atoms with van der Waals surface area (Å²) in [6, 6.07) is 9.25. The molecule has 0 spiro atoms. The van der Waals surface area contributed by atoms with Gasteiger partial charge in [-0.25, -0.2) is 0 Å². The predicted molar refractivity (Wildman–Crippen MR) is 55.5 cm³/mol. The molecule has 0 aromatic heterocycles. The molecular formula is C11H11ClO. The molecule has 0 fully saturated rings. The summed E-state index contributed by atoms with van der Waals surface area (Å²) in [6.45, 7) is 3.50. The number of hydrogen-bond acceptors (Lipinski definition) is 1. The lowest BCUT2D eigenvalue weighted by molar-refractivity contribution is 0.224. The highest BCUT2D eigenvalue weighted by atomic mass is 35.5. The molecule has 0 saturated carbocycles. The van der Waals surface area contributed by atoms with Crippen molar-refractivity contribution in [2.75, 3.05) is 0 Å². The molecule has 0 bridgehead atoms. The molecule has 1 unspecified atom stereocenters. The Kier molecular flexibility index (Phi) is 3.74. The summed E-state index contributed by atoms with van der Waals surface area (Å²) in [4.78, 5) is 0. The third kappa shape index (κ3) is 2.72. The lowest BCUT2D eigenvalue weighted by Gasteiger charge is -2.08. The first kappa shape index (κ1) is 10.0. The van der Waals surface area contributed by atoms with E-state index >= 15 is 0 Å². The van der Waals surface area contributed by atoms with E-state index in [2.05, 4.69) is 6.58 Å². The van der Waals surface area contributed by atoms with E-state index in [1.54, 1.807) is 12.2 Å². The molecule has 68 valence electrons. The van der Waals surface area contributed by atoms with Crippen molar-refractivity contribution in [2.24, 2.45) is 0 Å². The van der Waals surface area contributed by atoms with Gasteiger partial charge in [-0.15, -0.1) is 0 Å². The SMILES string of the molecule is C=C/C=C(\Cl)C(O)c1ccccc1. The van der Waals surface area contributed by atoms with Crippen molar-refractivity contribution >= 4 is 11.6 Å². The number of halogens is 1. The molecule has 1 rings (SSSR count). The van der Waals surface area contributed by atoms with Gasteiger partial charge in [0.15, 0.2) is 0 Å². The third-order valence-corrected chi connectivity index (χ3v) is 1.99. The van der Waals surface area contributed by atoms with Crippen LogP contribution in [0.5, 0.6) is 0 Å². The third-order valence-electron chi connectivity index (χ3n) is 1.65. The van der Waals surface area contributed by atoms with Crippen LogP contribution in [-0.2, 0) is 0 Å². The van der Waals surface area contributed by atoms with Gasteiger partial charge in [-0.1, -0.05) is 54.6 Å². The average Bonchev–Trinajstić information content (AvgIpc) is 2.18. The Morgan fingerprint density at radius 2 is 2.00 bits per heavy atom. The maximum atomic E-state index is 9.67. The van der Waals surface area contributed by atoms with Crippen molar-refractivity contribution in [3.8, 4) is 0 Å². The second-order valence-corrected chi connectivity index (χ2v) is 3.04. The van der Waals surface area contributed by atoms with Gasteiger partial charge in [-0.2, -0.15) is 0 Å². The van der Waals surface area contributed by atoms with Crippen LogP contribution in [0.2, 0.25) is 0 Å². The Balaban J connectivity index is 2.85. The van der Waals surface area contributed by atoms with Gasteiger partial charge in [-0.3, -0.25) is 0 Å². The van der Waals surface area contributed by atoms with Crippen LogP contribution < -0.4 is 0 Å². The predicted octanol–water partition coefficient (Wildman–Crippen LogP) is 3.03. The van der Waals surface area contributed by atoms with Gasteiger partial charge in [0, 0.05) is 0 Å². The fourth-order valence-electron chi connectivity index (χ4n) is 0.998. The normalized spacial score (nSPS) is 13.8. The van der Waals surface area contributed by atoms with Crippen LogP contribution in [0.25, 0.3) is 0 Å². The molecule has 0 aliphatic carbocycles. The van der Waals surface area contributed by atoms with Crippen LogP contribution >= 0.6 is 11.6 Å². The van der Waals surface area contributed by atoms with Crippen molar-refractivity contribution in [1.82, 2.24) is 0 Å². The fraction of sp³-hybridized carbons (Fsp3) is 0.0909. The van der Waals surface area contributed by atoms with E-state index in [1.807, 2.05) is 30.3 Å². The van der Waals surface area contributed by atoms with Gasteiger partial charge in [0.2, 0.25) is 0 Å². The summed E-state index contributed by atoms with van der Waals surface area (Å²) in [6.07, 6.45) is 2.38. The lowest BCUT2D eigenvalue weighted by Crippen LogP contribution is -1.96. The van der Waals surface area contributed by atoms with Crippen LogP contribution in [0, 0.1) is 0 Å². The first-order valence-corrected chi connectivity index (χ1v) is 4.34. The van der Waals surface area contributed by atoms with Gasteiger partial charge in [-0.05, 0) is 11.6 Å². The number of allylic oxidation sites excluding steroid dienone is 2. The van der Waals surface area contributed by atoms with E-state index in [9.17, 15) is 5.11 Å². The van der Waals surface area contributed by atoms with Crippen molar-refractivity contribution in [2.45, 2.75) is 6.10 Å². The largest absolute Gasteiger partial charge is 0.383 e. The molecule has 0 radical (unpaired) electrons. The summed E-state index contributed by atoms with van der Waals surface area (Å²) < 4.78 is 0. The van der Waals surface area contributed by atoms with Crippen molar-refractivity contribution in [1.29, 1.82) is 0 Å². The highest BCUT2D eigenvalue weighted by Gasteiger charge is 2.09. The fourth-order valence-corrected chi connectivity index (χ4v) is 1.21. The molecular weight excluding hydrogens is 184 g/mol. The Labute approximate surface area is 83.0 Å². The first-order chi connectivity index (χ1) is 6.25. The van der Waals surface area contributed by atoms with E-state index in [0.29, 0.717) is 5.03 Å². The molecule has 0 aliphatic rings. The number of rotatable bonds is 3. The molecule has 2 heteroatoms. The van der Waals surface area contributed by atoms with Gasteiger partial charge in [0.1, 0.15) is 6.10 Å². The van der Waals surface area contributed by atoms with E-state index in [1.165, 1.54) is 0 Å². The van der Waals surface area contributed by atoms with Crippen LogP contribution in [0.4, 0.5) is 0 Å². The highest BCUT2D eigenvalue weighted by molar-refractivity contribution is 6.30. The molecule has 1 aromatic rings. The number of aliphatic hydroxyl groups is 1. The van der Waals surface area contributed by atoms with Crippen molar-refractivity contribution in [3.05, 3.63) is 59.7 Å². The van der Waals surface area contributed by atoms with Crippen molar-refractivity contribution < 1.29 is 5.11 Å². The average molecular weight is 195 g/mol. The van der Waals surface area contributed by atoms with Gasteiger partial charge in [0.25, 0.3) is 0 Å². The Bertz CT molecular complexity index is 303. The monoisotopic (exact) mass is 194 g/mol. The minimum Gasteiger partial charge on any atom is -0.383 e. The zero-order valence-electron chi connectivity index (χ0n) is 7.15. The van der Waals surface area contributed by atoms with Gasteiger partial charge in [0.05, 0.1) is 5.03 Å². The molecule has 1 aromatic carbocycles. The number of benzene rings is 1. The molecule has 0 heterocycles. The second kappa shape index (κ2) is 4.85. The van der Waals surface area contributed by atoms with Crippen LogP contribution in [0.15, 0.2) is 54.1 Å². The van der Waals surface area contributed by atoms with Gasteiger partial charge >= 0.3 is 0 Å². The quantitative estimate of drug-likeness (QED) is 0.734. The van der Waals surface area contributed by atoms with Crippen LogP contribution in [-0.4, -0.2) is 5.11 Å². The maximum Gasteiger partial charge on any atom is 0.115 e. The molecule has 13 heavy (non-hydrogen) atoms. The second-order valence-electron chi connectivity index (χ2n) is 2.60. The molecule has 0 saturated heterocycles. The van der Waals surface area contributed by atoms with E-state index < -0.39 is 6.10 Å². The number of aliphatic hydroxyl groups excluding tert-OH is 1. The zero-order chi connectivity index (χ0) is 9.68. The summed E-state index contributed by atoms with van der Waals surface area (Å²) in [5.74, 6) is 0.